The van der Waals surface area contributed by atoms with Gasteiger partial charge in [0.2, 0.25) is 12.7 Å². The molecule has 0 spiro atoms. The van der Waals surface area contributed by atoms with Gasteiger partial charge in [-0.2, -0.15) is 0 Å². The molecule has 1 aromatic carbocycles. The third-order valence-electron chi connectivity index (χ3n) is 5.75. The Hall–Kier alpha value is -3.06. The number of pyridine rings is 1. The number of rotatable bonds is 4. The van der Waals surface area contributed by atoms with Crippen molar-refractivity contribution in [2.45, 2.75) is 38.4 Å². The first kappa shape index (κ1) is 18.9. The van der Waals surface area contributed by atoms with Crippen molar-refractivity contribution in [1.29, 1.82) is 0 Å². The molecule has 0 radical (unpaired) electrons. The molecule has 2 aliphatic rings. The number of carbonyl (C=O) groups is 1. The van der Waals surface area contributed by atoms with Crippen LogP contribution < -0.4 is 9.47 Å². The molecule has 0 aliphatic carbocycles. The van der Waals surface area contributed by atoms with Crippen molar-refractivity contribution in [3.63, 3.8) is 0 Å². The van der Waals surface area contributed by atoms with Gasteiger partial charge in [0.1, 0.15) is 5.65 Å². The first-order valence-electron chi connectivity index (χ1n) is 10.3. The van der Waals surface area contributed by atoms with Crippen molar-refractivity contribution < 1.29 is 19.0 Å². The van der Waals surface area contributed by atoms with Gasteiger partial charge < -0.3 is 23.5 Å². The summed E-state index contributed by atoms with van der Waals surface area (Å²) >= 11 is 0. The molecule has 7 heteroatoms. The molecule has 1 saturated heterocycles. The van der Waals surface area contributed by atoms with Crippen LogP contribution in [0.1, 0.15) is 37.4 Å². The van der Waals surface area contributed by atoms with Gasteiger partial charge in [-0.3, -0.25) is 4.79 Å². The van der Waals surface area contributed by atoms with E-state index in [0.717, 1.165) is 22.7 Å². The topological polar surface area (TPSA) is 65.3 Å². The lowest BCUT2D eigenvalue weighted by Crippen LogP contribution is -2.48. The maximum absolute atomic E-state index is 13.3. The standard InChI is InChI=1S/C23H25N3O4/c1-15-12-25(13-16(2)30-15)23(27)10-18(17-6-7-20-21(9-17)29-14-28-20)19-11-24-22-5-3-4-8-26(19)22/h3-9,11,15-16,18H,10,12-14H2,1-2H3. The van der Waals surface area contributed by atoms with E-state index in [1.54, 1.807) is 0 Å². The number of amides is 1. The molecule has 2 aliphatic heterocycles. The minimum absolute atomic E-state index is 0.0393. The molecule has 3 aromatic rings. The Bertz CT molecular complexity index is 1070. The Kier molecular flexibility index (Phi) is 4.83. The highest BCUT2D eigenvalue weighted by molar-refractivity contribution is 5.78. The zero-order chi connectivity index (χ0) is 20.7. The number of benzene rings is 1. The van der Waals surface area contributed by atoms with Gasteiger partial charge in [0.05, 0.1) is 17.9 Å². The number of nitrogens with zero attached hydrogens (tertiary/aromatic N) is 3. The fourth-order valence-corrected chi connectivity index (χ4v) is 4.42. The number of aromatic nitrogens is 2. The van der Waals surface area contributed by atoms with Gasteiger partial charge >= 0.3 is 0 Å². The SMILES string of the molecule is CC1CN(C(=O)CC(c2ccc3c(c2)OCO3)c2cnc3ccccn23)CC(C)O1. The van der Waals surface area contributed by atoms with E-state index in [1.807, 2.05) is 71.9 Å². The summed E-state index contributed by atoms with van der Waals surface area (Å²) in [6.45, 7) is 5.47. The highest BCUT2D eigenvalue weighted by Crippen LogP contribution is 2.38. The summed E-state index contributed by atoms with van der Waals surface area (Å²) in [6.07, 6.45) is 4.28. The average Bonchev–Trinajstić information content (AvgIpc) is 3.37. The van der Waals surface area contributed by atoms with Gasteiger partial charge in [0.15, 0.2) is 11.5 Å². The van der Waals surface area contributed by atoms with Crippen LogP contribution in [0.2, 0.25) is 0 Å². The molecule has 4 heterocycles. The largest absolute Gasteiger partial charge is 0.454 e. The van der Waals surface area contributed by atoms with Crippen molar-refractivity contribution in [3.8, 4) is 11.5 Å². The zero-order valence-corrected chi connectivity index (χ0v) is 17.2. The Balaban J connectivity index is 1.51. The molecule has 156 valence electrons. The fourth-order valence-electron chi connectivity index (χ4n) is 4.42. The van der Waals surface area contributed by atoms with Gasteiger partial charge in [-0.1, -0.05) is 12.1 Å². The highest BCUT2D eigenvalue weighted by atomic mass is 16.7. The van der Waals surface area contributed by atoms with E-state index in [0.29, 0.717) is 25.3 Å². The minimum atomic E-state index is -0.155. The molecule has 7 nitrogen and oxygen atoms in total. The first-order valence-corrected chi connectivity index (χ1v) is 10.3. The number of imidazole rings is 1. The Morgan fingerprint density at radius 3 is 2.77 bits per heavy atom. The quantitative estimate of drug-likeness (QED) is 0.664. The lowest BCUT2D eigenvalue weighted by atomic mass is 9.91. The second kappa shape index (κ2) is 7.65. The van der Waals surface area contributed by atoms with E-state index in [1.165, 1.54) is 0 Å². The number of ether oxygens (including phenoxy) is 3. The number of carbonyl (C=O) groups excluding carboxylic acids is 1. The first-order chi connectivity index (χ1) is 14.6. The lowest BCUT2D eigenvalue weighted by Gasteiger charge is -2.36. The van der Waals surface area contributed by atoms with E-state index < -0.39 is 0 Å². The third-order valence-corrected chi connectivity index (χ3v) is 5.75. The summed E-state index contributed by atoms with van der Waals surface area (Å²) in [7, 11) is 0. The van der Waals surface area contributed by atoms with Crippen LogP contribution in [0.25, 0.3) is 5.65 Å². The van der Waals surface area contributed by atoms with Gasteiger partial charge in [-0.15, -0.1) is 0 Å². The third kappa shape index (κ3) is 3.50. The summed E-state index contributed by atoms with van der Waals surface area (Å²) < 4.78 is 18.9. The van der Waals surface area contributed by atoms with Crippen LogP contribution in [0.5, 0.6) is 11.5 Å². The molecule has 3 unspecified atom stereocenters. The maximum atomic E-state index is 13.3. The molecular formula is C23H25N3O4. The molecule has 0 N–H and O–H groups in total. The van der Waals surface area contributed by atoms with E-state index in [2.05, 4.69) is 4.98 Å². The van der Waals surface area contributed by atoms with Crippen LogP contribution in [0.4, 0.5) is 0 Å². The Labute approximate surface area is 175 Å². The second-order valence-electron chi connectivity index (χ2n) is 8.04. The number of morpholine rings is 1. The van der Waals surface area contributed by atoms with Crippen LogP contribution in [0, 0.1) is 0 Å². The molecule has 5 rings (SSSR count). The van der Waals surface area contributed by atoms with Crippen molar-refractivity contribution in [2.75, 3.05) is 19.9 Å². The molecule has 1 amide bonds. The van der Waals surface area contributed by atoms with Crippen LogP contribution >= 0.6 is 0 Å². The van der Waals surface area contributed by atoms with Crippen LogP contribution in [0.15, 0.2) is 48.8 Å². The second-order valence-corrected chi connectivity index (χ2v) is 8.04. The number of hydrogen-bond acceptors (Lipinski definition) is 5. The predicted molar refractivity (Wildman–Crippen MR) is 111 cm³/mol. The van der Waals surface area contributed by atoms with E-state index in [9.17, 15) is 4.79 Å². The predicted octanol–water partition coefficient (Wildman–Crippen LogP) is 3.22. The minimum Gasteiger partial charge on any atom is -0.454 e. The number of fused-ring (bicyclic) bond motifs is 2. The Morgan fingerprint density at radius 2 is 1.93 bits per heavy atom. The van der Waals surface area contributed by atoms with Gasteiger partial charge in [0.25, 0.3) is 0 Å². The molecule has 3 atom stereocenters. The molecule has 0 bridgehead atoms. The van der Waals surface area contributed by atoms with E-state index >= 15 is 0 Å². The van der Waals surface area contributed by atoms with Crippen LogP contribution in [-0.2, 0) is 9.53 Å². The van der Waals surface area contributed by atoms with E-state index in [-0.39, 0.29) is 30.8 Å². The van der Waals surface area contributed by atoms with Crippen molar-refractivity contribution in [2.24, 2.45) is 0 Å². The normalized spacial score (nSPS) is 21.7. The lowest BCUT2D eigenvalue weighted by molar-refractivity contribution is -0.143. The molecule has 30 heavy (non-hydrogen) atoms. The van der Waals surface area contributed by atoms with Crippen LogP contribution in [-0.4, -0.2) is 52.3 Å². The van der Waals surface area contributed by atoms with Gasteiger partial charge in [-0.25, -0.2) is 4.98 Å². The smallest absolute Gasteiger partial charge is 0.231 e. The fraction of sp³-hybridized carbons (Fsp3) is 0.391. The van der Waals surface area contributed by atoms with Crippen molar-refractivity contribution in [1.82, 2.24) is 14.3 Å². The van der Waals surface area contributed by atoms with Crippen molar-refractivity contribution in [3.05, 3.63) is 60.0 Å². The summed E-state index contributed by atoms with van der Waals surface area (Å²) in [4.78, 5) is 19.8. The summed E-state index contributed by atoms with van der Waals surface area (Å²) in [5.41, 5.74) is 2.85. The van der Waals surface area contributed by atoms with Gasteiger partial charge in [0, 0.05) is 37.8 Å². The Morgan fingerprint density at radius 1 is 1.13 bits per heavy atom. The van der Waals surface area contributed by atoms with Gasteiger partial charge in [-0.05, 0) is 43.7 Å². The number of hydrogen-bond donors (Lipinski definition) is 0. The van der Waals surface area contributed by atoms with Crippen LogP contribution in [0.3, 0.4) is 0 Å². The molecule has 2 aromatic heterocycles. The highest BCUT2D eigenvalue weighted by Gasteiger charge is 2.30. The molecule has 0 saturated carbocycles. The van der Waals surface area contributed by atoms with E-state index in [4.69, 9.17) is 14.2 Å². The summed E-state index contributed by atoms with van der Waals surface area (Å²) in [5, 5.41) is 0. The monoisotopic (exact) mass is 407 g/mol. The summed E-state index contributed by atoms with van der Waals surface area (Å²) in [5.74, 6) is 1.41. The average molecular weight is 407 g/mol. The summed E-state index contributed by atoms with van der Waals surface area (Å²) in [6, 6.07) is 11.8. The zero-order valence-electron chi connectivity index (χ0n) is 17.2. The molecular weight excluding hydrogens is 382 g/mol. The maximum Gasteiger partial charge on any atom is 0.231 e. The van der Waals surface area contributed by atoms with Crippen molar-refractivity contribution >= 4 is 11.6 Å². The molecule has 1 fully saturated rings.